The van der Waals surface area contributed by atoms with Gasteiger partial charge in [-0.05, 0) is 55.7 Å². The van der Waals surface area contributed by atoms with Crippen LogP contribution < -0.4 is 4.74 Å². The van der Waals surface area contributed by atoms with Crippen LogP contribution in [0, 0.1) is 5.82 Å². The number of rotatable bonds is 6. The molecule has 28 heavy (non-hydrogen) atoms. The third-order valence-electron chi connectivity index (χ3n) is 4.99. The van der Waals surface area contributed by atoms with Crippen molar-refractivity contribution >= 4 is 5.91 Å². The van der Waals surface area contributed by atoms with Crippen LogP contribution in [0.2, 0.25) is 0 Å². The summed E-state index contributed by atoms with van der Waals surface area (Å²) in [5.41, 5.74) is 3.31. The van der Waals surface area contributed by atoms with Gasteiger partial charge in [0.05, 0.1) is 12.2 Å². The predicted molar refractivity (Wildman–Crippen MR) is 104 cm³/mol. The molecule has 0 bridgehead atoms. The molecule has 0 fully saturated rings. The van der Waals surface area contributed by atoms with Crippen molar-refractivity contribution < 1.29 is 13.9 Å². The minimum absolute atomic E-state index is 0.115. The quantitative estimate of drug-likeness (QED) is 0.657. The maximum atomic E-state index is 13.3. The van der Waals surface area contributed by atoms with Gasteiger partial charge in [0, 0.05) is 18.3 Å². The van der Waals surface area contributed by atoms with Crippen LogP contribution in [0.1, 0.15) is 28.2 Å². The molecule has 0 saturated carbocycles. The monoisotopic (exact) mass is 379 g/mol. The first-order valence-corrected chi connectivity index (χ1v) is 9.43. The van der Waals surface area contributed by atoms with E-state index in [1.54, 1.807) is 28.8 Å². The van der Waals surface area contributed by atoms with Crippen LogP contribution in [-0.2, 0) is 12.8 Å². The standard InChI is InChI=1S/C22H22FN3O2/c1-25(14-15-28-18-6-3-2-4-7-18)22(27)21-19-8-5-9-20(19)26(24-21)17-12-10-16(23)11-13-17/h2-4,6-7,10-13H,5,8-9,14-15H2,1H3. The van der Waals surface area contributed by atoms with Crippen LogP contribution in [0.3, 0.4) is 0 Å². The molecule has 0 spiro atoms. The van der Waals surface area contributed by atoms with E-state index in [0.717, 1.165) is 42.0 Å². The Hall–Kier alpha value is -3.15. The number of carbonyl (C=O) groups is 1. The van der Waals surface area contributed by atoms with Crippen molar-refractivity contribution in [1.29, 1.82) is 0 Å². The van der Waals surface area contributed by atoms with Crippen molar-refractivity contribution in [2.24, 2.45) is 0 Å². The molecule has 0 saturated heterocycles. The molecular formula is C22H22FN3O2. The molecule has 2 aromatic carbocycles. The predicted octanol–water partition coefficient (Wildman–Crippen LogP) is 3.65. The van der Waals surface area contributed by atoms with E-state index >= 15 is 0 Å². The molecule has 3 aromatic rings. The number of benzene rings is 2. The second kappa shape index (κ2) is 7.84. The van der Waals surface area contributed by atoms with Crippen LogP contribution in [0.15, 0.2) is 54.6 Å². The maximum Gasteiger partial charge on any atom is 0.274 e. The van der Waals surface area contributed by atoms with Crippen molar-refractivity contribution in [2.45, 2.75) is 19.3 Å². The average molecular weight is 379 g/mol. The Morgan fingerprint density at radius 2 is 1.89 bits per heavy atom. The highest BCUT2D eigenvalue weighted by molar-refractivity contribution is 5.94. The molecule has 0 aliphatic heterocycles. The molecular weight excluding hydrogens is 357 g/mol. The number of halogens is 1. The Bertz CT molecular complexity index is 967. The van der Waals surface area contributed by atoms with E-state index in [1.165, 1.54) is 12.1 Å². The lowest BCUT2D eigenvalue weighted by Crippen LogP contribution is -2.31. The fraction of sp³-hybridized carbons (Fsp3) is 0.273. The number of hydrogen-bond donors (Lipinski definition) is 0. The van der Waals surface area contributed by atoms with Gasteiger partial charge in [0.25, 0.3) is 5.91 Å². The molecule has 1 amide bonds. The number of hydrogen-bond acceptors (Lipinski definition) is 3. The summed E-state index contributed by atoms with van der Waals surface area (Å²) in [4.78, 5) is 14.6. The van der Waals surface area contributed by atoms with E-state index in [0.29, 0.717) is 18.8 Å². The first-order valence-electron chi connectivity index (χ1n) is 9.43. The first kappa shape index (κ1) is 18.2. The van der Waals surface area contributed by atoms with Crippen LogP contribution >= 0.6 is 0 Å². The number of likely N-dealkylation sites (N-methyl/N-ethyl adjacent to an activating group) is 1. The second-order valence-electron chi connectivity index (χ2n) is 6.90. The molecule has 6 heteroatoms. The van der Waals surface area contributed by atoms with Crippen molar-refractivity contribution in [2.75, 3.05) is 20.2 Å². The molecule has 5 nitrogen and oxygen atoms in total. The third-order valence-corrected chi connectivity index (χ3v) is 4.99. The number of nitrogens with zero attached hydrogens (tertiary/aromatic N) is 3. The van der Waals surface area contributed by atoms with Crippen molar-refractivity contribution in [3.8, 4) is 11.4 Å². The van der Waals surface area contributed by atoms with E-state index in [-0.39, 0.29) is 11.7 Å². The zero-order valence-electron chi connectivity index (χ0n) is 15.8. The highest BCUT2D eigenvalue weighted by Gasteiger charge is 2.28. The SMILES string of the molecule is CN(CCOc1ccccc1)C(=O)c1nn(-c2ccc(F)cc2)c2c1CCC2. The van der Waals surface area contributed by atoms with Crippen LogP contribution in [0.5, 0.6) is 5.75 Å². The first-order chi connectivity index (χ1) is 13.6. The highest BCUT2D eigenvalue weighted by Crippen LogP contribution is 2.28. The molecule has 1 aliphatic rings. The molecule has 1 aromatic heterocycles. The molecule has 4 rings (SSSR count). The topological polar surface area (TPSA) is 47.4 Å². The van der Waals surface area contributed by atoms with Gasteiger partial charge in [-0.2, -0.15) is 5.10 Å². The Kier molecular flexibility index (Phi) is 5.10. The fourth-order valence-corrected chi connectivity index (χ4v) is 3.50. The summed E-state index contributed by atoms with van der Waals surface area (Å²) in [5.74, 6) is 0.377. The van der Waals surface area contributed by atoms with Crippen molar-refractivity contribution in [1.82, 2.24) is 14.7 Å². The number of aromatic nitrogens is 2. The zero-order valence-corrected chi connectivity index (χ0v) is 15.8. The Balaban J connectivity index is 1.49. The lowest BCUT2D eigenvalue weighted by Gasteiger charge is -2.17. The minimum atomic E-state index is -0.290. The number of fused-ring (bicyclic) bond motifs is 1. The van der Waals surface area contributed by atoms with Gasteiger partial charge in [0.15, 0.2) is 5.69 Å². The lowest BCUT2D eigenvalue weighted by atomic mass is 10.2. The second-order valence-corrected chi connectivity index (χ2v) is 6.90. The summed E-state index contributed by atoms with van der Waals surface area (Å²) < 4.78 is 20.7. The molecule has 0 N–H and O–H groups in total. The van der Waals surface area contributed by atoms with E-state index in [1.807, 2.05) is 30.3 Å². The minimum Gasteiger partial charge on any atom is -0.492 e. The summed E-state index contributed by atoms with van der Waals surface area (Å²) >= 11 is 0. The van der Waals surface area contributed by atoms with Gasteiger partial charge in [-0.15, -0.1) is 0 Å². The maximum absolute atomic E-state index is 13.3. The highest BCUT2D eigenvalue weighted by atomic mass is 19.1. The summed E-state index contributed by atoms with van der Waals surface area (Å²) in [5, 5.41) is 4.58. The van der Waals surface area contributed by atoms with Gasteiger partial charge in [0.1, 0.15) is 18.2 Å². The van der Waals surface area contributed by atoms with Crippen LogP contribution in [0.4, 0.5) is 4.39 Å². The van der Waals surface area contributed by atoms with E-state index in [4.69, 9.17) is 4.74 Å². The summed E-state index contributed by atoms with van der Waals surface area (Å²) in [6.07, 6.45) is 2.70. The summed E-state index contributed by atoms with van der Waals surface area (Å²) in [7, 11) is 1.76. The lowest BCUT2D eigenvalue weighted by molar-refractivity contribution is 0.0766. The number of carbonyl (C=O) groups excluding carboxylic acids is 1. The zero-order chi connectivity index (χ0) is 19.5. The van der Waals surface area contributed by atoms with Gasteiger partial charge in [-0.3, -0.25) is 4.79 Å². The third kappa shape index (κ3) is 3.63. The van der Waals surface area contributed by atoms with Gasteiger partial charge < -0.3 is 9.64 Å². The van der Waals surface area contributed by atoms with Crippen molar-refractivity contribution in [3.05, 3.63) is 77.4 Å². The smallest absolute Gasteiger partial charge is 0.274 e. The Morgan fingerprint density at radius 3 is 2.64 bits per heavy atom. The molecule has 0 unspecified atom stereocenters. The number of ether oxygens (including phenoxy) is 1. The molecule has 1 heterocycles. The number of para-hydroxylation sites is 1. The average Bonchev–Trinajstić information content (AvgIpc) is 3.32. The van der Waals surface area contributed by atoms with Gasteiger partial charge in [-0.25, -0.2) is 9.07 Å². The van der Waals surface area contributed by atoms with Crippen LogP contribution in [-0.4, -0.2) is 40.8 Å². The van der Waals surface area contributed by atoms with E-state index in [2.05, 4.69) is 5.10 Å². The van der Waals surface area contributed by atoms with Gasteiger partial charge in [0.2, 0.25) is 0 Å². The Labute approximate surface area is 163 Å². The van der Waals surface area contributed by atoms with Crippen molar-refractivity contribution in [3.63, 3.8) is 0 Å². The number of amides is 1. The molecule has 0 atom stereocenters. The normalized spacial score (nSPS) is 12.6. The Morgan fingerprint density at radius 1 is 1.14 bits per heavy atom. The van der Waals surface area contributed by atoms with Gasteiger partial charge in [-0.1, -0.05) is 18.2 Å². The summed E-state index contributed by atoms with van der Waals surface area (Å²) in [6.45, 7) is 0.874. The van der Waals surface area contributed by atoms with E-state index in [9.17, 15) is 9.18 Å². The summed E-state index contributed by atoms with van der Waals surface area (Å²) in [6, 6.07) is 15.7. The largest absolute Gasteiger partial charge is 0.492 e. The molecule has 144 valence electrons. The molecule has 0 radical (unpaired) electrons. The fourth-order valence-electron chi connectivity index (χ4n) is 3.50. The molecule has 1 aliphatic carbocycles. The van der Waals surface area contributed by atoms with Crippen LogP contribution in [0.25, 0.3) is 5.69 Å². The van der Waals surface area contributed by atoms with Gasteiger partial charge >= 0.3 is 0 Å². The van der Waals surface area contributed by atoms with E-state index < -0.39 is 0 Å².